The van der Waals surface area contributed by atoms with E-state index >= 15 is 0 Å². The van der Waals surface area contributed by atoms with Crippen LogP contribution in [0.25, 0.3) is 0 Å². The molecule has 0 saturated heterocycles. The lowest BCUT2D eigenvalue weighted by molar-refractivity contribution is 0.0422. The lowest BCUT2D eigenvalue weighted by Crippen LogP contribution is -2.23. The highest BCUT2D eigenvalue weighted by atomic mass is 35.7. The molecule has 1 rings (SSSR count). The first-order chi connectivity index (χ1) is 11.1. The van der Waals surface area contributed by atoms with Crippen molar-refractivity contribution < 1.29 is 31.6 Å². The molecule has 0 bridgehead atoms. The normalized spacial score (nSPS) is 11.9. The number of carbonyl (C=O) groups excluding carboxylic acids is 1. The summed E-state index contributed by atoms with van der Waals surface area (Å²) in [6, 6.07) is 4.95. The van der Waals surface area contributed by atoms with Gasteiger partial charge in [-0.2, -0.15) is 8.42 Å². The number of hydrogen-bond donors (Lipinski definition) is 0. The Labute approximate surface area is 146 Å². The number of halogens is 1. The molecule has 0 aliphatic heterocycles. The highest BCUT2D eigenvalue weighted by molar-refractivity contribution is 8.09. The summed E-state index contributed by atoms with van der Waals surface area (Å²) in [7, 11) is 3.87. The van der Waals surface area contributed by atoms with Gasteiger partial charge in [0.2, 0.25) is 0 Å². The Morgan fingerprint density at radius 2 is 1.71 bits per heavy atom. The first kappa shape index (κ1) is 20.5. The molecule has 0 radical (unpaired) electrons. The van der Waals surface area contributed by atoms with Crippen molar-refractivity contribution in [3.05, 3.63) is 23.8 Å². The Hall–Kier alpha value is -1.51. The third-order valence-electron chi connectivity index (χ3n) is 3.23. The average Bonchev–Trinajstić information content (AvgIpc) is 2.51. The minimum atomic E-state index is -4.03. The molecular formula is C15H21ClO7S. The SMILES string of the molecule is COc1cccc(OC)c1C(=O)OCCC(C)(C)COS(=O)(=O)Cl. The van der Waals surface area contributed by atoms with E-state index in [0.717, 1.165) is 0 Å². The zero-order valence-electron chi connectivity index (χ0n) is 14.0. The van der Waals surface area contributed by atoms with Gasteiger partial charge in [0.05, 0.1) is 27.4 Å². The molecule has 0 spiro atoms. The van der Waals surface area contributed by atoms with E-state index in [1.54, 1.807) is 32.0 Å². The van der Waals surface area contributed by atoms with Gasteiger partial charge >= 0.3 is 15.3 Å². The summed E-state index contributed by atoms with van der Waals surface area (Å²) in [6.45, 7) is 3.49. The molecule has 0 aliphatic carbocycles. The van der Waals surface area contributed by atoms with Gasteiger partial charge in [0.1, 0.15) is 17.1 Å². The van der Waals surface area contributed by atoms with Crippen molar-refractivity contribution in [3.63, 3.8) is 0 Å². The third kappa shape index (κ3) is 6.54. The summed E-state index contributed by atoms with van der Waals surface area (Å²) in [5.41, 5.74) is -0.354. The molecule has 1 aromatic rings. The highest BCUT2D eigenvalue weighted by Gasteiger charge is 2.24. The number of rotatable bonds is 9. The maximum absolute atomic E-state index is 12.3. The zero-order chi connectivity index (χ0) is 18.4. The predicted molar refractivity (Wildman–Crippen MR) is 89.0 cm³/mol. The van der Waals surface area contributed by atoms with Crippen molar-refractivity contribution >= 4 is 26.0 Å². The summed E-state index contributed by atoms with van der Waals surface area (Å²) >= 11 is 0. The fourth-order valence-electron chi connectivity index (χ4n) is 1.85. The molecule has 24 heavy (non-hydrogen) atoms. The number of carbonyl (C=O) groups is 1. The third-order valence-corrected chi connectivity index (χ3v) is 3.90. The monoisotopic (exact) mass is 380 g/mol. The molecule has 0 N–H and O–H groups in total. The molecule has 0 unspecified atom stereocenters. The van der Waals surface area contributed by atoms with Crippen LogP contribution in [-0.2, 0) is 18.3 Å². The van der Waals surface area contributed by atoms with Crippen LogP contribution in [0.15, 0.2) is 18.2 Å². The Balaban J connectivity index is 2.67. The van der Waals surface area contributed by atoms with Crippen LogP contribution in [0.1, 0.15) is 30.6 Å². The lowest BCUT2D eigenvalue weighted by Gasteiger charge is -2.23. The Bertz CT molecular complexity index is 648. The van der Waals surface area contributed by atoms with Crippen molar-refractivity contribution in [3.8, 4) is 11.5 Å². The van der Waals surface area contributed by atoms with Gasteiger partial charge in [0.15, 0.2) is 0 Å². The van der Waals surface area contributed by atoms with Gasteiger partial charge in [-0.15, -0.1) is 0 Å². The largest absolute Gasteiger partial charge is 0.496 e. The second kappa shape index (κ2) is 8.55. The van der Waals surface area contributed by atoms with Crippen LogP contribution in [0.3, 0.4) is 0 Å². The second-order valence-corrected chi connectivity index (χ2v) is 7.90. The van der Waals surface area contributed by atoms with Gasteiger partial charge in [-0.3, -0.25) is 4.18 Å². The number of benzene rings is 1. The van der Waals surface area contributed by atoms with Gasteiger partial charge < -0.3 is 14.2 Å². The molecule has 9 heteroatoms. The van der Waals surface area contributed by atoms with Crippen LogP contribution in [0.2, 0.25) is 0 Å². The minimum Gasteiger partial charge on any atom is -0.496 e. The van der Waals surface area contributed by atoms with E-state index in [9.17, 15) is 13.2 Å². The van der Waals surface area contributed by atoms with E-state index in [1.165, 1.54) is 14.2 Å². The van der Waals surface area contributed by atoms with Crippen molar-refractivity contribution in [2.75, 3.05) is 27.4 Å². The number of esters is 1. The molecule has 7 nitrogen and oxygen atoms in total. The van der Waals surface area contributed by atoms with E-state index in [1.807, 2.05) is 0 Å². The molecule has 0 atom stereocenters. The van der Waals surface area contributed by atoms with E-state index in [4.69, 9.17) is 24.9 Å². The smallest absolute Gasteiger partial charge is 0.355 e. The second-order valence-electron chi connectivity index (χ2n) is 5.74. The summed E-state index contributed by atoms with van der Waals surface area (Å²) in [5, 5.41) is 0. The minimum absolute atomic E-state index is 0.0682. The lowest BCUT2D eigenvalue weighted by atomic mass is 9.91. The fourth-order valence-corrected chi connectivity index (χ4v) is 2.44. The summed E-state index contributed by atoms with van der Waals surface area (Å²) < 4.78 is 41.7. The van der Waals surface area contributed by atoms with Crippen LogP contribution in [0.5, 0.6) is 11.5 Å². The molecular weight excluding hydrogens is 360 g/mol. The first-order valence-electron chi connectivity index (χ1n) is 7.07. The first-order valence-corrected chi connectivity index (χ1v) is 9.30. The van der Waals surface area contributed by atoms with Gasteiger partial charge in [0.25, 0.3) is 0 Å². The van der Waals surface area contributed by atoms with E-state index < -0.39 is 20.7 Å². The summed E-state index contributed by atoms with van der Waals surface area (Å²) in [5.74, 6) is 0.0938. The molecule has 0 heterocycles. The van der Waals surface area contributed by atoms with Crippen molar-refractivity contribution in [2.45, 2.75) is 20.3 Å². The fraction of sp³-hybridized carbons (Fsp3) is 0.533. The number of methoxy groups -OCH3 is 2. The van der Waals surface area contributed by atoms with Crippen LogP contribution in [-0.4, -0.2) is 41.8 Å². The molecule has 0 amide bonds. The molecule has 0 aliphatic rings. The topological polar surface area (TPSA) is 88.1 Å². The van der Waals surface area contributed by atoms with Crippen LogP contribution >= 0.6 is 10.7 Å². The standard InChI is InChI=1S/C15H21ClO7S/c1-15(2,10-23-24(16,18)19)8-9-22-14(17)13-11(20-3)6-5-7-12(13)21-4/h5-7H,8-10H2,1-4H3. The van der Waals surface area contributed by atoms with Crippen molar-refractivity contribution in [1.29, 1.82) is 0 Å². The van der Waals surface area contributed by atoms with Crippen LogP contribution in [0.4, 0.5) is 0 Å². The van der Waals surface area contributed by atoms with Crippen LogP contribution in [0, 0.1) is 5.41 Å². The average molecular weight is 381 g/mol. The van der Waals surface area contributed by atoms with Gasteiger partial charge in [-0.05, 0) is 24.0 Å². The van der Waals surface area contributed by atoms with E-state index in [0.29, 0.717) is 17.9 Å². The maximum Gasteiger partial charge on any atom is 0.355 e. The molecule has 0 aromatic heterocycles. The van der Waals surface area contributed by atoms with Gasteiger partial charge in [0, 0.05) is 10.7 Å². The quantitative estimate of drug-likeness (QED) is 0.480. The summed E-state index contributed by atoms with van der Waals surface area (Å²) in [4.78, 5) is 12.3. The maximum atomic E-state index is 12.3. The number of hydrogen-bond acceptors (Lipinski definition) is 7. The summed E-state index contributed by atoms with van der Waals surface area (Å²) in [6.07, 6.45) is 0.378. The van der Waals surface area contributed by atoms with Crippen molar-refractivity contribution in [2.24, 2.45) is 5.41 Å². The number of ether oxygens (including phenoxy) is 3. The van der Waals surface area contributed by atoms with E-state index in [-0.39, 0.29) is 18.8 Å². The highest BCUT2D eigenvalue weighted by Crippen LogP contribution is 2.29. The Morgan fingerprint density at radius 3 is 2.17 bits per heavy atom. The zero-order valence-corrected chi connectivity index (χ0v) is 15.6. The molecule has 1 aromatic carbocycles. The van der Waals surface area contributed by atoms with Gasteiger partial charge in [-0.1, -0.05) is 19.9 Å². The van der Waals surface area contributed by atoms with Crippen molar-refractivity contribution in [1.82, 2.24) is 0 Å². The Kier molecular flexibility index (Phi) is 7.31. The molecule has 0 fully saturated rings. The van der Waals surface area contributed by atoms with E-state index in [2.05, 4.69) is 4.18 Å². The molecule has 0 saturated carbocycles. The van der Waals surface area contributed by atoms with Crippen LogP contribution < -0.4 is 9.47 Å². The molecule has 136 valence electrons. The Morgan fingerprint density at radius 1 is 1.17 bits per heavy atom. The van der Waals surface area contributed by atoms with Gasteiger partial charge in [-0.25, -0.2) is 4.79 Å². The predicted octanol–water partition coefficient (Wildman–Crippen LogP) is 2.78.